The Morgan fingerprint density at radius 3 is 1.95 bits per heavy atom. The molecular weight excluding hydrogens is 783 g/mol. The van der Waals surface area contributed by atoms with E-state index in [1.165, 1.54) is 0 Å². The van der Waals surface area contributed by atoms with Crippen LogP contribution in [-0.2, 0) is 40.7 Å². The lowest BCUT2D eigenvalue weighted by molar-refractivity contribution is -0.645. The molecule has 2 heterocycles. The predicted molar refractivity (Wildman–Crippen MR) is 217 cm³/mol. The Labute approximate surface area is 342 Å². The third-order valence-electron chi connectivity index (χ3n) is 9.86. The molecule has 0 spiro atoms. The molecule has 0 saturated carbocycles. The van der Waals surface area contributed by atoms with Crippen molar-refractivity contribution in [3.8, 4) is 5.75 Å². The third kappa shape index (κ3) is 12.1. The fourth-order valence-electron chi connectivity index (χ4n) is 7.00. The molecule has 0 bridgehead atoms. The number of rotatable bonds is 20. The van der Waals surface area contributed by atoms with E-state index in [1.807, 2.05) is 60.1 Å². The minimum Gasteiger partial charge on any atom is -0.422 e. The lowest BCUT2D eigenvalue weighted by Gasteiger charge is -2.17. The monoisotopic (exact) mass is 832 g/mol. The zero-order valence-corrected chi connectivity index (χ0v) is 34.3. The quantitative estimate of drug-likeness (QED) is 0.0221. The number of imide groups is 1. The van der Waals surface area contributed by atoms with E-state index in [4.69, 9.17) is 9.57 Å². The van der Waals surface area contributed by atoms with Gasteiger partial charge < -0.3 is 25.1 Å². The van der Waals surface area contributed by atoms with Crippen molar-refractivity contribution in [1.29, 1.82) is 0 Å². The number of esters is 1. The van der Waals surface area contributed by atoms with Gasteiger partial charge in [0.2, 0.25) is 16.9 Å². The van der Waals surface area contributed by atoms with Crippen molar-refractivity contribution in [1.82, 2.24) is 20.6 Å². The number of pyridine rings is 1. The van der Waals surface area contributed by atoms with Crippen LogP contribution in [0.3, 0.4) is 0 Å². The summed E-state index contributed by atoms with van der Waals surface area (Å²) in [7, 11) is -2.19. The lowest BCUT2D eigenvalue weighted by Crippen LogP contribution is -2.37. The third-order valence-corrected chi connectivity index (χ3v) is 10.7. The summed E-state index contributed by atoms with van der Waals surface area (Å²) in [5.74, 6) is -2.93. The predicted octanol–water partition coefficient (Wildman–Crippen LogP) is 3.73. The molecule has 0 atom stereocenters. The van der Waals surface area contributed by atoms with E-state index in [0.29, 0.717) is 100 Å². The van der Waals surface area contributed by atoms with Gasteiger partial charge in [0.1, 0.15) is 5.75 Å². The van der Waals surface area contributed by atoms with Crippen molar-refractivity contribution >= 4 is 67.5 Å². The first-order valence-corrected chi connectivity index (χ1v) is 21.2. The highest BCUT2D eigenvalue weighted by Gasteiger charge is 2.33. The van der Waals surface area contributed by atoms with Crippen LogP contribution in [0.15, 0.2) is 60.7 Å². The summed E-state index contributed by atoms with van der Waals surface area (Å²) in [5.41, 5.74) is 3.40. The number of carbonyl (C=O) groups excluding carboxylic acids is 6. The van der Waals surface area contributed by atoms with Gasteiger partial charge in [0.15, 0.2) is 6.54 Å². The largest absolute Gasteiger partial charge is 0.422 e. The summed E-state index contributed by atoms with van der Waals surface area (Å²) in [5, 5.41) is 7.50. The second-order valence-electron chi connectivity index (χ2n) is 14.5. The summed E-state index contributed by atoms with van der Waals surface area (Å²) < 4.78 is 40.1. The number of benzene rings is 3. The Morgan fingerprint density at radius 2 is 1.37 bits per heavy atom. The molecule has 4 amide bonds. The van der Waals surface area contributed by atoms with Crippen LogP contribution in [0.5, 0.6) is 5.75 Å². The first-order valence-electron chi connectivity index (χ1n) is 19.5. The van der Waals surface area contributed by atoms with E-state index in [2.05, 4.69) is 15.5 Å². The highest BCUT2D eigenvalue weighted by atomic mass is 32.2. The minimum absolute atomic E-state index is 0.0190. The highest BCUT2D eigenvalue weighted by molar-refractivity contribution is 7.85. The number of para-hydroxylation sites is 2. The molecule has 1 saturated heterocycles. The number of nitrogens with one attached hydrogen (secondary N) is 2. The molecule has 17 heteroatoms. The Bertz CT molecular complexity index is 2270. The van der Waals surface area contributed by atoms with Crippen molar-refractivity contribution in [3.05, 3.63) is 82.9 Å². The van der Waals surface area contributed by atoms with Crippen molar-refractivity contribution in [2.75, 3.05) is 39.0 Å². The summed E-state index contributed by atoms with van der Waals surface area (Å²) >= 11 is 0. The number of hydrogen-bond acceptors (Lipinski definition) is 11. The first kappa shape index (κ1) is 44.3. The highest BCUT2D eigenvalue weighted by Crippen LogP contribution is 2.30. The van der Waals surface area contributed by atoms with Crippen LogP contribution in [0.25, 0.3) is 21.8 Å². The molecule has 0 aliphatic carbocycles. The minimum atomic E-state index is -4.14. The van der Waals surface area contributed by atoms with Crippen molar-refractivity contribution in [2.45, 2.75) is 71.8 Å². The Kier molecular flexibility index (Phi) is 15.2. The number of amides is 4. The van der Waals surface area contributed by atoms with Gasteiger partial charge in [0.05, 0.1) is 22.1 Å². The van der Waals surface area contributed by atoms with E-state index in [-0.39, 0.29) is 50.3 Å². The molecule has 0 unspecified atom stereocenters. The van der Waals surface area contributed by atoms with Gasteiger partial charge in [0.25, 0.3) is 27.8 Å². The molecule has 0 radical (unpaired) electrons. The van der Waals surface area contributed by atoms with Gasteiger partial charge in [-0.05, 0) is 88.6 Å². The topological polar surface area (TPSA) is 210 Å². The Hall–Kier alpha value is -5.78. The number of hydroxylamine groups is 2. The van der Waals surface area contributed by atoms with Crippen molar-refractivity contribution < 1.29 is 55.9 Å². The molecule has 4 aromatic rings. The molecule has 3 aromatic carbocycles. The number of carbonyl (C=O) groups is 6. The van der Waals surface area contributed by atoms with Crippen molar-refractivity contribution in [2.24, 2.45) is 0 Å². The van der Waals surface area contributed by atoms with Crippen molar-refractivity contribution in [3.63, 3.8) is 0 Å². The normalized spacial score (nSPS) is 13.0. The van der Waals surface area contributed by atoms with Gasteiger partial charge in [-0.15, -0.1) is 5.06 Å². The molecule has 5 rings (SSSR count). The zero-order valence-electron chi connectivity index (χ0n) is 33.5. The average molecular weight is 833 g/mol. The molecule has 1 fully saturated rings. The second-order valence-corrected chi connectivity index (χ2v) is 16.1. The van der Waals surface area contributed by atoms with Crippen LogP contribution >= 0.6 is 0 Å². The van der Waals surface area contributed by atoms with Crippen LogP contribution in [-0.4, -0.2) is 97.5 Å². The van der Waals surface area contributed by atoms with Gasteiger partial charge in [-0.1, -0.05) is 24.3 Å². The molecule has 1 aliphatic rings. The number of hydrogen-bond donors (Lipinski definition) is 3. The van der Waals surface area contributed by atoms with E-state index in [9.17, 15) is 41.7 Å². The maximum atomic E-state index is 14.0. The number of nitrogens with zero attached hydrogens (tertiary/aromatic N) is 3. The zero-order chi connectivity index (χ0) is 42.7. The lowest BCUT2D eigenvalue weighted by atomic mass is 10.0. The Balaban J connectivity index is 1.07. The van der Waals surface area contributed by atoms with Crippen LogP contribution in [0, 0.1) is 13.8 Å². The summed E-state index contributed by atoms with van der Waals surface area (Å²) in [6, 6.07) is 18.0. The number of fused-ring (bicyclic) bond motifs is 2. The molecule has 3 N–H and O–H groups in total. The van der Waals surface area contributed by atoms with Crippen LogP contribution < -0.4 is 19.9 Å². The Morgan fingerprint density at radius 1 is 0.814 bits per heavy atom. The van der Waals surface area contributed by atoms with Gasteiger partial charge in [-0.3, -0.25) is 23.7 Å². The second kappa shape index (κ2) is 20.3. The fourth-order valence-corrected chi connectivity index (χ4v) is 7.49. The molecule has 1 aliphatic heterocycles. The summed E-state index contributed by atoms with van der Waals surface area (Å²) in [6.45, 7) is 6.14. The van der Waals surface area contributed by atoms with Crippen LogP contribution in [0.1, 0.15) is 83.2 Å². The first-order chi connectivity index (χ1) is 28.1. The van der Waals surface area contributed by atoms with Gasteiger partial charge in [-0.25, -0.2) is 9.59 Å². The van der Waals surface area contributed by atoms with Gasteiger partial charge in [-0.2, -0.15) is 13.0 Å². The SMILES string of the molecule is Cc1cc(C(=O)NCCCN(C)CCCNC(=O)CCCC(=O)ON2C(=O)CCC2=O)cc(C)c1OC(=O)c1c2ccccc2[n+](CCCS(=O)(=O)O)c2ccccc12. The van der Waals surface area contributed by atoms with Crippen LogP contribution in [0.2, 0.25) is 0 Å². The maximum Gasteiger partial charge on any atom is 0.345 e. The van der Waals surface area contributed by atoms with E-state index >= 15 is 0 Å². The fraction of sp³-hybridized carbons (Fsp3) is 0.405. The molecular formula is C42H50N5O11S+. The van der Waals surface area contributed by atoms with Crippen LogP contribution in [0.4, 0.5) is 0 Å². The number of aromatic nitrogens is 1. The molecule has 1 aromatic heterocycles. The molecule has 314 valence electrons. The summed E-state index contributed by atoms with van der Waals surface area (Å²) in [6.07, 6.45) is 1.83. The maximum absolute atomic E-state index is 14.0. The van der Waals surface area contributed by atoms with E-state index in [1.54, 1.807) is 26.0 Å². The van der Waals surface area contributed by atoms with E-state index < -0.39 is 39.6 Å². The number of aryl methyl sites for hydroxylation is 3. The standard InChI is InChI=1S/C42H49N5O11S/c1-28-26-30(41(52)44-21-10-23-45(3)22-9-20-43-35(48)16-8-17-38(51)58-47-36(49)18-19-37(47)50)27-29(2)40(28)57-42(53)39-31-12-4-6-14-33(31)46(24-11-25-59(54,55)56)34-15-7-5-13-32(34)39/h4-7,12-15,26-27H,8-11,16-25H2,1-3H3,(H2-,43,44,48,52,54,55,56)/p+1. The van der Waals surface area contributed by atoms with Gasteiger partial charge in [0, 0.05) is 62.9 Å². The smallest absolute Gasteiger partial charge is 0.345 e. The number of ether oxygens (including phenoxy) is 1. The van der Waals surface area contributed by atoms with Gasteiger partial charge >= 0.3 is 11.9 Å². The molecule has 59 heavy (non-hydrogen) atoms. The van der Waals surface area contributed by atoms with E-state index in [0.717, 1.165) is 0 Å². The summed E-state index contributed by atoms with van der Waals surface area (Å²) in [4.78, 5) is 81.1. The average Bonchev–Trinajstić information content (AvgIpc) is 3.50. The molecule has 16 nitrogen and oxygen atoms in total.